The molecule has 0 amide bonds. The van der Waals surface area contributed by atoms with E-state index in [4.69, 9.17) is 0 Å². The number of pyridine rings is 1. The van der Waals surface area contributed by atoms with E-state index in [9.17, 15) is 4.79 Å². The average Bonchev–Trinajstić information content (AvgIpc) is 2.91. The molecule has 0 saturated carbocycles. The molecular weight excluding hydrogens is 240 g/mol. The quantitative estimate of drug-likeness (QED) is 0.897. The van der Waals surface area contributed by atoms with E-state index in [1.807, 2.05) is 10.6 Å². The van der Waals surface area contributed by atoms with Crippen LogP contribution in [0.1, 0.15) is 23.4 Å². The molecule has 2 aromatic heterocycles. The number of nitrogens with one attached hydrogen (secondary N) is 1. The summed E-state index contributed by atoms with van der Waals surface area (Å²) in [6, 6.07) is 3.61. The number of nitrogens with zero attached hydrogens (tertiary/aromatic N) is 3. The topological polar surface area (TPSA) is 59.8 Å². The first-order chi connectivity index (χ1) is 9.28. The van der Waals surface area contributed by atoms with Crippen molar-refractivity contribution in [1.82, 2.24) is 14.5 Å². The Morgan fingerprint density at radius 2 is 2.16 bits per heavy atom. The smallest absolute Gasteiger partial charge is 0.251 e. The maximum absolute atomic E-state index is 12.0. The molecule has 0 spiro atoms. The van der Waals surface area contributed by atoms with Crippen molar-refractivity contribution >= 4 is 5.82 Å². The summed E-state index contributed by atoms with van der Waals surface area (Å²) >= 11 is 0. The van der Waals surface area contributed by atoms with Gasteiger partial charge in [0.15, 0.2) is 0 Å². The van der Waals surface area contributed by atoms with Crippen molar-refractivity contribution in [2.24, 2.45) is 0 Å². The van der Waals surface area contributed by atoms with Crippen LogP contribution in [-0.2, 0) is 19.4 Å². The summed E-state index contributed by atoms with van der Waals surface area (Å²) in [5.41, 5.74) is 3.30. The largest absolute Gasteiger partial charge is 0.372 e. The number of hydrogen-bond acceptors (Lipinski definition) is 4. The van der Waals surface area contributed by atoms with Gasteiger partial charge in [-0.25, -0.2) is 4.98 Å². The van der Waals surface area contributed by atoms with Crippen molar-refractivity contribution in [2.45, 2.75) is 25.8 Å². The molecule has 1 aliphatic rings. The highest BCUT2D eigenvalue weighted by Crippen LogP contribution is 2.20. The molecule has 0 aromatic carbocycles. The minimum Gasteiger partial charge on any atom is -0.372 e. The maximum Gasteiger partial charge on any atom is 0.251 e. The van der Waals surface area contributed by atoms with Crippen LogP contribution in [0.5, 0.6) is 0 Å². The van der Waals surface area contributed by atoms with Crippen molar-refractivity contribution < 1.29 is 0 Å². The zero-order chi connectivity index (χ0) is 13.2. The molecule has 2 heterocycles. The lowest BCUT2D eigenvalue weighted by molar-refractivity contribution is 0.690. The lowest BCUT2D eigenvalue weighted by atomic mass is 10.2. The van der Waals surface area contributed by atoms with Crippen LogP contribution in [0, 0.1) is 0 Å². The summed E-state index contributed by atoms with van der Waals surface area (Å²) in [7, 11) is 1.80. The molecular formula is C14H16N4O. The third-order valence-corrected chi connectivity index (χ3v) is 3.53. The van der Waals surface area contributed by atoms with Gasteiger partial charge in [0.05, 0.1) is 24.6 Å². The maximum atomic E-state index is 12.0. The van der Waals surface area contributed by atoms with E-state index in [-0.39, 0.29) is 5.56 Å². The number of hydrogen-bond donors (Lipinski definition) is 1. The fourth-order valence-corrected chi connectivity index (χ4v) is 2.53. The molecule has 0 unspecified atom stereocenters. The third kappa shape index (κ3) is 2.23. The molecule has 1 aliphatic carbocycles. The summed E-state index contributed by atoms with van der Waals surface area (Å²) in [4.78, 5) is 20.6. The first-order valence-electron chi connectivity index (χ1n) is 6.48. The van der Waals surface area contributed by atoms with Gasteiger partial charge in [-0.15, -0.1) is 0 Å². The number of aryl methyl sites for hydroxylation is 1. The first kappa shape index (κ1) is 11.9. The van der Waals surface area contributed by atoms with Gasteiger partial charge in [-0.3, -0.25) is 9.78 Å². The van der Waals surface area contributed by atoms with E-state index in [2.05, 4.69) is 15.3 Å². The van der Waals surface area contributed by atoms with Crippen molar-refractivity contribution in [1.29, 1.82) is 0 Å². The number of anilines is 1. The van der Waals surface area contributed by atoms with Gasteiger partial charge in [-0.2, -0.15) is 0 Å². The summed E-state index contributed by atoms with van der Waals surface area (Å²) in [6.07, 6.45) is 6.58. The lowest BCUT2D eigenvalue weighted by Crippen LogP contribution is -2.23. The molecule has 0 fully saturated rings. The number of rotatable bonds is 3. The van der Waals surface area contributed by atoms with E-state index in [0.717, 1.165) is 36.5 Å². The van der Waals surface area contributed by atoms with Crippen LogP contribution in [-0.4, -0.2) is 21.6 Å². The van der Waals surface area contributed by atoms with E-state index < -0.39 is 0 Å². The summed E-state index contributed by atoms with van der Waals surface area (Å²) < 4.78 is 1.82. The van der Waals surface area contributed by atoms with Gasteiger partial charge in [0.1, 0.15) is 5.82 Å². The fourth-order valence-electron chi connectivity index (χ4n) is 2.53. The standard InChI is InChI=1S/C14H16N4O/c1-15-13-8-16-11(7-17-13)9-18-12-4-2-3-10(12)5-6-14(18)19/h5-8H,2-4,9H2,1H3,(H,15,17). The van der Waals surface area contributed by atoms with Crippen LogP contribution in [0.4, 0.5) is 5.82 Å². The highest BCUT2D eigenvalue weighted by atomic mass is 16.1. The Hall–Kier alpha value is -2.17. The predicted molar refractivity (Wildman–Crippen MR) is 73.4 cm³/mol. The minimum atomic E-state index is 0.0418. The summed E-state index contributed by atoms with van der Waals surface area (Å²) in [5, 5.41) is 2.93. The van der Waals surface area contributed by atoms with Gasteiger partial charge in [-0.05, 0) is 24.8 Å². The zero-order valence-corrected chi connectivity index (χ0v) is 10.9. The van der Waals surface area contributed by atoms with Crippen LogP contribution in [0.25, 0.3) is 0 Å². The van der Waals surface area contributed by atoms with Gasteiger partial charge in [0.25, 0.3) is 5.56 Å². The second-order valence-corrected chi connectivity index (χ2v) is 4.73. The van der Waals surface area contributed by atoms with Crippen molar-refractivity contribution in [2.75, 3.05) is 12.4 Å². The second-order valence-electron chi connectivity index (χ2n) is 4.73. The lowest BCUT2D eigenvalue weighted by Gasteiger charge is -2.11. The molecule has 5 heteroatoms. The van der Waals surface area contributed by atoms with Crippen LogP contribution in [0.15, 0.2) is 29.3 Å². The molecule has 0 aliphatic heterocycles. The predicted octanol–water partition coefficient (Wildman–Crippen LogP) is 1.22. The molecule has 19 heavy (non-hydrogen) atoms. The molecule has 0 saturated heterocycles. The van der Waals surface area contributed by atoms with Crippen molar-refractivity contribution in [3.05, 3.63) is 51.8 Å². The molecule has 3 rings (SSSR count). The highest BCUT2D eigenvalue weighted by molar-refractivity contribution is 5.30. The molecule has 98 valence electrons. The Bertz CT molecular complexity index is 645. The van der Waals surface area contributed by atoms with Crippen LogP contribution in [0.2, 0.25) is 0 Å². The molecule has 0 radical (unpaired) electrons. The van der Waals surface area contributed by atoms with Crippen LogP contribution < -0.4 is 10.9 Å². The van der Waals surface area contributed by atoms with E-state index in [0.29, 0.717) is 6.54 Å². The van der Waals surface area contributed by atoms with Gasteiger partial charge >= 0.3 is 0 Å². The zero-order valence-electron chi connectivity index (χ0n) is 10.9. The summed E-state index contributed by atoms with van der Waals surface area (Å²) in [6.45, 7) is 0.499. The Balaban J connectivity index is 1.94. The van der Waals surface area contributed by atoms with Gasteiger partial charge < -0.3 is 9.88 Å². The minimum absolute atomic E-state index is 0.0418. The fraction of sp³-hybridized carbons (Fsp3) is 0.357. The Morgan fingerprint density at radius 3 is 2.89 bits per heavy atom. The normalized spacial score (nSPS) is 13.3. The Morgan fingerprint density at radius 1 is 1.26 bits per heavy atom. The van der Waals surface area contributed by atoms with Gasteiger partial charge in [0, 0.05) is 18.8 Å². The van der Waals surface area contributed by atoms with E-state index in [1.54, 1.807) is 25.5 Å². The van der Waals surface area contributed by atoms with Gasteiger partial charge in [0.2, 0.25) is 0 Å². The van der Waals surface area contributed by atoms with E-state index in [1.165, 1.54) is 5.56 Å². The van der Waals surface area contributed by atoms with Crippen molar-refractivity contribution in [3.63, 3.8) is 0 Å². The Kier molecular flexibility index (Phi) is 3.03. The monoisotopic (exact) mass is 256 g/mol. The third-order valence-electron chi connectivity index (χ3n) is 3.53. The summed E-state index contributed by atoms with van der Waals surface area (Å²) in [5.74, 6) is 0.731. The first-order valence-corrected chi connectivity index (χ1v) is 6.48. The number of fused-ring (bicyclic) bond motifs is 1. The molecule has 0 bridgehead atoms. The molecule has 2 aromatic rings. The molecule has 5 nitrogen and oxygen atoms in total. The van der Waals surface area contributed by atoms with Crippen LogP contribution in [0.3, 0.4) is 0 Å². The molecule has 1 N–H and O–H groups in total. The van der Waals surface area contributed by atoms with Crippen LogP contribution >= 0.6 is 0 Å². The second kappa shape index (κ2) is 4.84. The molecule has 0 atom stereocenters. The Labute approximate surface area is 111 Å². The number of aromatic nitrogens is 3. The van der Waals surface area contributed by atoms with E-state index >= 15 is 0 Å². The highest BCUT2D eigenvalue weighted by Gasteiger charge is 2.16. The SMILES string of the molecule is CNc1cnc(Cn2c3c(ccc2=O)CCC3)cn1. The average molecular weight is 256 g/mol. The van der Waals surface area contributed by atoms with Crippen molar-refractivity contribution in [3.8, 4) is 0 Å². The van der Waals surface area contributed by atoms with Gasteiger partial charge in [-0.1, -0.05) is 6.07 Å².